The molecule has 1 amide bonds. The highest BCUT2D eigenvalue weighted by Crippen LogP contribution is 2.26. The number of dihydropyridines is 1. The first-order valence-corrected chi connectivity index (χ1v) is 9.25. The molecule has 2 aliphatic heterocycles. The highest BCUT2D eigenvalue weighted by atomic mass is 16.1. The van der Waals surface area contributed by atoms with Crippen molar-refractivity contribution in [3.8, 4) is 0 Å². The molecule has 3 N–H and O–H groups in total. The normalized spacial score (nSPS) is 19.1. The van der Waals surface area contributed by atoms with Crippen LogP contribution in [0.4, 0.5) is 5.69 Å². The van der Waals surface area contributed by atoms with Gasteiger partial charge in [0.2, 0.25) is 0 Å². The molecule has 0 aliphatic carbocycles. The number of hydrogen-bond acceptors (Lipinski definition) is 3. The van der Waals surface area contributed by atoms with Crippen molar-refractivity contribution in [3.63, 3.8) is 0 Å². The minimum absolute atomic E-state index is 0.0420. The molecule has 2 aliphatic rings. The van der Waals surface area contributed by atoms with E-state index in [0.29, 0.717) is 6.54 Å². The summed E-state index contributed by atoms with van der Waals surface area (Å²) >= 11 is 0. The van der Waals surface area contributed by atoms with Gasteiger partial charge < -0.3 is 16.0 Å². The molecule has 0 bridgehead atoms. The zero-order valence-electron chi connectivity index (χ0n) is 15.6. The van der Waals surface area contributed by atoms with E-state index in [1.54, 1.807) is 0 Å². The van der Waals surface area contributed by atoms with Gasteiger partial charge in [0, 0.05) is 35.7 Å². The van der Waals surface area contributed by atoms with Crippen LogP contribution in [0, 0.1) is 0 Å². The lowest BCUT2D eigenvalue weighted by Crippen LogP contribution is -2.30. The van der Waals surface area contributed by atoms with Gasteiger partial charge in [-0.1, -0.05) is 24.8 Å². The van der Waals surface area contributed by atoms with E-state index in [0.717, 1.165) is 59.6 Å². The van der Waals surface area contributed by atoms with E-state index in [9.17, 15) is 4.79 Å². The van der Waals surface area contributed by atoms with Crippen molar-refractivity contribution in [1.29, 1.82) is 0 Å². The predicted octanol–water partition coefficient (Wildman–Crippen LogP) is 4.06. The van der Waals surface area contributed by atoms with Crippen LogP contribution in [0.2, 0.25) is 0 Å². The topological polar surface area (TPSA) is 53.2 Å². The van der Waals surface area contributed by atoms with Gasteiger partial charge in [-0.05, 0) is 68.0 Å². The third kappa shape index (κ3) is 3.90. The van der Waals surface area contributed by atoms with Crippen molar-refractivity contribution < 1.29 is 4.79 Å². The number of fused-ring (bicyclic) bond motifs is 1. The van der Waals surface area contributed by atoms with Gasteiger partial charge in [0.05, 0.1) is 0 Å². The first-order valence-electron chi connectivity index (χ1n) is 9.25. The van der Waals surface area contributed by atoms with Crippen LogP contribution < -0.4 is 16.0 Å². The van der Waals surface area contributed by atoms with Crippen LogP contribution in [-0.2, 0) is 6.42 Å². The molecule has 0 aromatic heterocycles. The van der Waals surface area contributed by atoms with Crippen molar-refractivity contribution in [2.45, 2.75) is 33.1 Å². The van der Waals surface area contributed by atoms with Gasteiger partial charge in [-0.15, -0.1) is 0 Å². The van der Waals surface area contributed by atoms with Gasteiger partial charge in [-0.3, -0.25) is 4.79 Å². The molecule has 4 nitrogen and oxygen atoms in total. The molecular weight excluding hydrogens is 322 g/mol. The molecule has 26 heavy (non-hydrogen) atoms. The summed E-state index contributed by atoms with van der Waals surface area (Å²) in [5, 5.41) is 9.74. The molecule has 0 fully saturated rings. The molecule has 0 unspecified atom stereocenters. The summed E-state index contributed by atoms with van der Waals surface area (Å²) in [7, 11) is 0. The summed E-state index contributed by atoms with van der Waals surface area (Å²) in [6.07, 6.45) is 9.21. The van der Waals surface area contributed by atoms with Gasteiger partial charge in [0.25, 0.3) is 5.91 Å². The number of rotatable bonds is 2. The van der Waals surface area contributed by atoms with Crippen LogP contribution in [0.3, 0.4) is 0 Å². The Balaban J connectivity index is 1.96. The van der Waals surface area contributed by atoms with E-state index in [4.69, 9.17) is 0 Å². The Morgan fingerprint density at radius 1 is 1.27 bits per heavy atom. The zero-order valence-corrected chi connectivity index (χ0v) is 15.6. The number of benzene rings is 1. The average molecular weight is 349 g/mol. The first-order chi connectivity index (χ1) is 12.6. The van der Waals surface area contributed by atoms with Gasteiger partial charge in [-0.25, -0.2) is 0 Å². The number of amides is 1. The van der Waals surface area contributed by atoms with E-state index >= 15 is 0 Å². The summed E-state index contributed by atoms with van der Waals surface area (Å²) in [5.41, 5.74) is 7.12. The second kappa shape index (κ2) is 8.09. The first kappa shape index (κ1) is 18.1. The summed E-state index contributed by atoms with van der Waals surface area (Å²) in [6.45, 7) is 9.55. The Labute approximate surface area is 155 Å². The second-order valence-electron chi connectivity index (χ2n) is 6.69. The molecule has 0 saturated carbocycles. The van der Waals surface area contributed by atoms with Crippen LogP contribution in [0.25, 0.3) is 0 Å². The SMILES string of the molecule is C=C1NC(C)=CC2=C1CNC(=O)c1cccc(NCC)c1C/C=C/CC2. The van der Waals surface area contributed by atoms with E-state index < -0.39 is 0 Å². The maximum Gasteiger partial charge on any atom is 0.251 e. The second-order valence-corrected chi connectivity index (χ2v) is 6.69. The average Bonchev–Trinajstić information content (AvgIpc) is 2.60. The van der Waals surface area contributed by atoms with E-state index in [1.807, 2.05) is 25.1 Å². The van der Waals surface area contributed by atoms with E-state index in [-0.39, 0.29) is 5.91 Å². The van der Waals surface area contributed by atoms with Crippen LogP contribution >= 0.6 is 0 Å². The number of anilines is 1. The Morgan fingerprint density at radius 2 is 2.12 bits per heavy atom. The predicted molar refractivity (Wildman–Crippen MR) is 108 cm³/mol. The Bertz CT molecular complexity index is 815. The fourth-order valence-corrected chi connectivity index (χ4v) is 3.53. The maximum absolute atomic E-state index is 12.9. The Morgan fingerprint density at radius 3 is 2.92 bits per heavy atom. The third-order valence-electron chi connectivity index (χ3n) is 4.77. The van der Waals surface area contributed by atoms with Crippen LogP contribution in [0.1, 0.15) is 42.6 Å². The van der Waals surface area contributed by atoms with Gasteiger partial charge in [0.1, 0.15) is 0 Å². The van der Waals surface area contributed by atoms with Gasteiger partial charge in [0.15, 0.2) is 0 Å². The number of carbonyl (C=O) groups excluding carboxylic acids is 1. The molecule has 0 atom stereocenters. The Kier molecular flexibility index (Phi) is 5.61. The highest BCUT2D eigenvalue weighted by Gasteiger charge is 2.18. The number of carbonyl (C=O) groups is 1. The molecule has 1 aromatic rings. The van der Waals surface area contributed by atoms with Crippen LogP contribution in [-0.4, -0.2) is 19.0 Å². The quantitative estimate of drug-likeness (QED) is 0.706. The molecule has 2 heterocycles. The van der Waals surface area contributed by atoms with Crippen LogP contribution in [0.15, 0.2) is 65.5 Å². The molecule has 1 aromatic carbocycles. The van der Waals surface area contributed by atoms with Crippen molar-refractivity contribution in [3.05, 3.63) is 76.7 Å². The summed E-state index contributed by atoms with van der Waals surface area (Å²) in [4.78, 5) is 12.9. The van der Waals surface area contributed by atoms with E-state index in [1.165, 1.54) is 5.57 Å². The fourth-order valence-electron chi connectivity index (χ4n) is 3.53. The van der Waals surface area contributed by atoms with Gasteiger partial charge in [-0.2, -0.15) is 0 Å². The smallest absolute Gasteiger partial charge is 0.251 e. The van der Waals surface area contributed by atoms with Crippen LogP contribution in [0.5, 0.6) is 0 Å². The molecule has 0 spiro atoms. The highest BCUT2D eigenvalue weighted by molar-refractivity contribution is 5.97. The largest absolute Gasteiger partial charge is 0.385 e. The maximum atomic E-state index is 12.9. The Hall–Kier alpha value is -2.75. The number of allylic oxidation sites excluding steroid dienone is 5. The summed E-state index contributed by atoms with van der Waals surface area (Å²) in [5.74, 6) is -0.0420. The molecule has 0 saturated heterocycles. The molecule has 3 rings (SSSR count). The van der Waals surface area contributed by atoms with Gasteiger partial charge >= 0.3 is 0 Å². The van der Waals surface area contributed by atoms with Crippen molar-refractivity contribution in [2.24, 2.45) is 0 Å². The monoisotopic (exact) mass is 349 g/mol. The minimum atomic E-state index is -0.0420. The molecule has 4 heteroatoms. The number of hydrogen-bond donors (Lipinski definition) is 3. The summed E-state index contributed by atoms with van der Waals surface area (Å²) < 4.78 is 0. The lowest BCUT2D eigenvalue weighted by molar-refractivity contribution is 0.0956. The van der Waals surface area contributed by atoms with E-state index in [2.05, 4.69) is 47.7 Å². The fraction of sp³-hybridized carbons (Fsp3) is 0.318. The summed E-state index contributed by atoms with van der Waals surface area (Å²) in [6, 6.07) is 5.87. The third-order valence-corrected chi connectivity index (χ3v) is 4.77. The zero-order chi connectivity index (χ0) is 18.5. The lowest BCUT2D eigenvalue weighted by atomic mass is 9.95. The molecular formula is C22H27N3O. The van der Waals surface area contributed by atoms with Crippen molar-refractivity contribution in [2.75, 3.05) is 18.4 Å². The molecule has 0 radical (unpaired) electrons. The van der Waals surface area contributed by atoms with Crippen molar-refractivity contribution >= 4 is 11.6 Å². The van der Waals surface area contributed by atoms with Crippen molar-refractivity contribution in [1.82, 2.24) is 10.6 Å². The minimum Gasteiger partial charge on any atom is -0.385 e. The number of nitrogens with one attached hydrogen (secondary N) is 3. The lowest BCUT2D eigenvalue weighted by Gasteiger charge is -2.24. The standard InChI is InChI=1S/C22H27N3O/c1-4-23-21-12-8-11-19-18(21)10-7-5-6-9-17-13-15(2)25-16(3)20(17)14-24-22(19)26/h5,7-8,11-13,23,25H,3-4,6,9-10,14H2,1-2H3,(H,24,26)/b7-5+. The molecule has 136 valence electrons.